The Morgan fingerprint density at radius 3 is 2.87 bits per heavy atom. The molecule has 0 aliphatic heterocycles. The number of ether oxygens (including phenoxy) is 1. The first-order chi connectivity index (χ1) is 11.1. The topological polar surface area (TPSA) is 62.1 Å². The number of hydrogen-bond donors (Lipinski definition) is 1. The summed E-state index contributed by atoms with van der Waals surface area (Å²) in [5, 5.41) is 12.3. The molecule has 2 rings (SSSR count). The lowest BCUT2D eigenvalue weighted by Crippen LogP contribution is -2.33. The number of nitrogens with zero attached hydrogens (tertiary/aromatic N) is 1. The van der Waals surface area contributed by atoms with Crippen molar-refractivity contribution in [3.05, 3.63) is 33.8 Å². The molecule has 23 heavy (non-hydrogen) atoms. The van der Waals surface area contributed by atoms with E-state index in [1.807, 2.05) is 31.2 Å². The van der Waals surface area contributed by atoms with E-state index in [4.69, 9.17) is 4.74 Å². The zero-order valence-electron chi connectivity index (χ0n) is 13.3. The van der Waals surface area contributed by atoms with Crippen LogP contribution >= 0.6 is 15.9 Å². The van der Waals surface area contributed by atoms with Crippen molar-refractivity contribution < 1.29 is 9.53 Å². The van der Waals surface area contributed by atoms with E-state index in [9.17, 15) is 10.1 Å². The molecule has 4 nitrogen and oxygen atoms in total. The molecule has 0 spiro atoms. The van der Waals surface area contributed by atoms with Crippen molar-refractivity contribution in [3.63, 3.8) is 0 Å². The third-order valence-corrected chi connectivity index (χ3v) is 4.28. The van der Waals surface area contributed by atoms with E-state index in [1.165, 1.54) is 0 Å². The Balaban J connectivity index is 2.20. The van der Waals surface area contributed by atoms with E-state index < -0.39 is 0 Å². The van der Waals surface area contributed by atoms with Crippen molar-refractivity contribution in [3.8, 4) is 11.8 Å². The molecule has 1 N–H and O–H groups in total. The van der Waals surface area contributed by atoms with Gasteiger partial charge in [0.2, 0.25) is 0 Å². The van der Waals surface area contributed by atoms with Gasteiger partial charge in [0, 0.05) is 16.1 Å². The predicted molar refractivity (Wildman–Crippen MR) is 93.9 cm³/mol. The largest absolute Gasteiger partial charge is 0.493 e. The van der Waals surface area contributed by atoms with Gasteiger partial charge in [0.15, 0.2) is 0 Å². The average Bonchev–Trinajstić information content (AvgIpc) is 3.04. The molecule has 1 aliphatic carbocycles. The highest BCUT2D eigenvalue weighted by Gasteiger charge is 2.19. The fourth-order valence-corrected chi connectivity index (χ4v) is 2.99. The minimum absolute atomic E-state index is 0.108. The Morgan fingerprint density at radius 1 is 1.48 bits per heavy atom. The number of nitrogens with one attached hydrogen (secondary N) is 1. The minimum atomic E-state index is -0.305. The third-order valence-electron chi connectivity index (χ3n) is 3.79. The Kier molecular flexibility index (Phi) is 6.66. The molecule has 0 bridgehead atoms. The van der Waals surface area contributed by atoms with Gasteiger partial charge >= 0.3 is 0 Å². The van der Waals surface area contributed by atoms with Gasteiger partial charge in [-0.3, -0.25) is 4.79 Å². The summed E-state index contributed by atoms with van der Waals surface area (Å²) in [5.41, 5.74) is 0.835. The second-order valence-electron chi connectivity index (χ2n) is 5.66. The van der Waals surface area contributed by atoms with Crippen molar-refractivity contribution in [1.82, 2.24) is 5.32 Å². The summed E-state index contributed by atoms with van der Waals surface area (Å²) in [6, 6.07) is 7.77. The van der Waals surface area contributed by atoms with Crippen molar-refractivity contribution in [2.75, 3.05) is 6.61 Å². The number of carbonyl (C=O) groups is 1. The number of halogens is 1. The van der Waals surface area contributed by atoms with Gasteiger partial charge in [-0.05, 0) is 43.5 Å². The summed E-state index contributed by atoms with van der Waals surface area (Å²) in [7, 11) is 0. The zero-order chi connectivity index (χ0) is 16.7. The fraction of sp³-hybridized carbons (Fsp3) is 0.444. The molecule has 1 amide bonds. The number of amides is 1. The molecule has 0 radical (unpaired) electrons. The first-order valence-corrected chi connectivity index (χ1v) is 8.78. The van der Waals surface area contributed by atoms with Gasteiger partial charge in [-0.1, -0.05) is 35.7 Å². The molecule has 0 saturated heterocycles. The minimum Gasteiger partial charge on any atom is -0.493 e. The van der Waals surface area contributed by atoms with E-state index in [1.54, 1.807) is 6.08 Å². The summed E-state index contributed by atoms with van der Waals surface area (Å²) in [6.45, 7) is 2.63. The lowest BCUT2D eigenvalue weighted by Gasteiger charge is -2.12. The van der Waals surface area contributed by atoms with Crippen LogP contribution in [0, 0.1) is 11.3 Å². The van der Waals surface area contributed by atoms with Crippen LogP contribution in [0.4, 0.5) is 0 Å². The Labute approximate surface area is 145 Å². The lowest BCUT2D eigenvalue weighted by molar-refractivity contribution is -0.117. The van der Waals surface area contributed by atoms with E-state index in [2.05, 4.69) is 21.2 Å². The molecule has 1 saturated carbocycles. The van der Waals surface area contributed by atoms with E-state index in [0.29, 0.717) is 12.4 Å². The number of rotatable bonds is 6. The second-order valence-corrected chi connectivity index (χ2v) is 6.57. The number of carbonyl (C=O) groups excluding carboxylic acids is 1. The monoisotopic (exact) mass is 376 g/mol. The highest BCUT2D eigenvalue weighted by atomic mass is 79.9. The summed E-state index contributed by atoms with van der Waals surface area (Å²) in [4.78, 5) is 12.3. The van der Waals surface area contributed by atoms with Crippen molar-refractivity contribution in [1.29, 1.82) is 5.26 Å². The fourth-order valence-electron chi connectivity index (χ4n) is 2.61. The molecule has 1 aliphatic rings. The van der Waals surface area contributed by atoms with Gasteiger partial charge in [-0.15, -0.1) is 0 Å². The highest BCUT2D eigenvalue weighted by molar-refractivity contribution is 9.10. The normalized spacial score (nSPS) is 15.3. The Morgan fingerprint density at radius 2 is 2.22 bits per heavy atom. The van der Waals surface area contributed by atoms with Gasteiger partial charge in [0.05, 0.1) is 6.61 Å². The second kappa shape index (κ2) is 8.73. The summed E-state index contributed by atoms with van der Waals surface area (Å²) < 4.78 is 6.57. The maximum Gasteiger partial charge on any atom is 0.262 e. The van der Waals surface area contributed by atoms with Crippen LogP contribution < -0.4 is 10.1 Å². The van der Waals surface area contributed by atoms with Crippen LogP contribution in [-0.2, 0) is 4.79 Å². The molecule has 1 aromatic rings. The smallest absolute Gasteiger partial charge is 0.262 e. The molecule has 0 aromatic heterocycles. The molecule has 1 aromatic carbocycles. The van der Waals surface area contributed by atoms with Gasteiger partial charge in [-0.2, -0.15) is 5.26 Å². The Bertz CT molecular complexity index is 628. The molecular weight excluding hydrogens is 356 g/mol. The maximum absolute atomic E-state index is 12.3. The first kappa shape index (κ1) is 17.6. The predicted octanol–water partition coefficient (Wildman–Crippen LogP) is 4.20. The van der Waals surface area contributed by atoms with E-state index in [-0.39, 0.29) is 17.5 Å². The molecule has 122 valence electrons. The number of hydrogen-bond acceptors (Lipinski definition) is 3. The SMILES string of the molecule is CCCOc1ccc(Br)cc1/C=C(\C#N)C(=O)NC1CCCC1. The summed E-state index contributed by atoms with van der Waals surface area (Å²) in [6.07, 6.45) is 6.75. The quantitative estimate of drug-likeness (QED) is 0.597. The molecule has 1 fully saturated rings. The first-order valence-electron chi connectivity index (χ1n) is 7.99. The average molecular weight is 377 g/mol. The third kappa shape index (κ3) is 5.11. The van der Waals surface area contributed by atoms with Crippen LogP contribution in [0.25, 0.3) is 6.08 Å². The standard InChI is InChI=1S/C18H21BrN2O2/c1-2-9-23-17-8-7-15(19)11-13(17)10-14(12-20)18(22)21-16-5-3-4-6-16/h7-8,10-11,16H,2-6,9H2,1H3,(H,21,22)/b14-10+. The van der Waals surface area contributed by atoms with E-state index in [0.717, 1.165) is 42.1 Å². The maximum atomic E-state index is 12.3. The lowest BCUT2D eigenvalue weighted by atomic mass is 10.1. The Hall–Kier alpha value is -1.80. The van der Waals surface area contributed by atoms with Gasteiger partial charge in [-0.25, -0.2) is 0 Å². The van der Waals surface area contributed by atoms with Gasteiger partial charge in [0.1, 0.15) is 17.4 Å². The van der Waals surface area contributed by atoms with Crippen LogP contribution in [0.15, 0.2) is 28.2 Å². The van der Waals surface area contributed by atoms with Crippen LogP contribution in [-0.4, -0.2) is 18.6 Å². The van der Waals surface area contributed by atoms with Crippen LogP contribution in [0.5, 0.6) is 5.75 Å². The van der Waals surface area contributed by atoms with E-state index >= 15 is 0 Å². The van der Waals surface area contributed by atoms with Gasteiger partial charge in [0.25, 0.3) is 5.91 Å². The summed E-state index contributed by atoms with van der Waals surface area (Å²) >= 11 is 3.42. The number of benzene rings is 1. The molecule has 0 unspecified atom stereocenters. The van der Waals surface area contributed by atoms with Crippen molar-refractivity contribution >= 4 is 27.9 Å². The molecule has 5 heteroatoms. The molecule has 0 atom stereocenters. The molecular formula is C18H21BrN2O2. The van der Waals surface area contributed by atoms with Crippen molar-refractivity contribution in [2.45, 2.75) is 45.1 Å². The van der Waals surface area contributed by atoms with Gasteiger partial charge < -0.3 is 10.1 Å². The summed E-state index contributed by atoms with van der Waals surface area (Å²) in [5.74, 6) is 0.372. The number of nitriles is 1. The van der Waals surface area contributed by atoms with Crippen LogP contribution in [0.1, 0.15) is 44.6 Å². The zero-order valence-corrected chi connectivity index (χ0v) is 14.9. The highest BCUT2D eigenvalue weighted by Crippen LogP contribution is 2.26. The van der Waals surface area contributed by atoms with Crippen LogP contribution in [0.2, 0.25) is 0 Å². The van der Waals surface area contributed by atoms with Crippen molar-refractivity contribution in [2.24, 2.45) is 0 Å². The van der Waals surface area contributed by atoms with Crippen LogP contribution in [0.3, 0.4) is 0 Å². The molecule has 0 heterocycles.